The minimum absolute atomic E-state index is 0.0521. The summed E-state index contributed by atoms with van der Waals surface area (Å²) in [6.07, 6.45) is 1.88. The van der Waals surface area contributed by atoms with Gasteiger partial charge in [0.1, 0.15) is 0 Å². The smallest absolute Gasteiger partial charge is 0.305 e. The van der Waals surface area contributed by atoms with Crippen LogP contribution in [0.2, 0.25) is 0 Å². The summed E-state index contributed by atoms with van der Waals surface area (Å²) in [6, 6.07) is 1.21. The molecule has 1 unspecified atom stereocenters. The number of amides is 1. The number of rotatable bonds is 5. The fourth-order valence-corrected chi connectivity index (χ4v) is 1.73. The normalized spacial score (nSPS) is 16.5. The maximum absolute atomic E-state index is 11.7. The molecular formula is C11H14N2O4. The van der Waals surface area contributed by atoms with Crippen molar-refractivity contribution in [2.75, 3.05) is 0 Å². The lowest BCUT2D eigenvalue weighted by Crippen LogP contribution is -2.37. The predicted octanol–water partition coefficient (Wildman–Crippen LogP) is 0.966. The molecule has 6 heteroatoms. The number of carbonyl (C=O) groups is 2. The van der Waals surface area contributed by atoms with E-state index in [0.717, 1.165) is 12.8 Å². The molecular weight excluding hydrogens is 224 g/mol. The van der Waals surface area contributed by atoms with Gasteiger partial charge in [0.05, 0.1) is 12.1 Å². The lowest BCUT2D eigenvalue weighted by molar-refractivity contribution is -0.137. The standard InChI is InChI=1S/C11H14N2O4/c1-6-4-9(17-13-6)11(16)12-8(5-10(14)15)7-2-3-7/h4,7-8H,2-3,5H2,1H3,(H,12,16)(H,14,15). The summed E-state index contributed by atoms with van der Waals surface area (Å²) in [5.74, 6) is -0.905. The van der Waals surface area contributed by atoms with Crippen molar-refractivity contribution in [3.63, 3.8) is 0 Å². The van der Waals surface area contributed by atoms with Crippen LogP contribution in [0.5, 0.6) is 0 Å². The highest BCUT2D eigenvalue weighted by Gasteiger charge is 2.34. The van der Waals surface area contributed by atoms with Crippen LogP contribution in [0.3, 0.4) is 0 Å². The number of nitrogens with zero attached hydrogens (tertiary/aromatic N) is 1. The summed E-state index contributed by atoms with van der Waals surface area (Å²) in [4.78, 5) is 22.4. The fraction of sp³-hybridized carbons (Fsp3) is 0.545. The highest BCUT2D eigenvalue weighted by molar-refractivity contribution is 5.91. The van der Waals surface area contributed by atoms with Crippen LogP contribution in [0.15, 0.2) is 10.6 Å². The van der Waals surface area contributed by atoms with Gasteiger partial charge in [-0.1, -0.05) is 5.16 Å². The monoisotopic (exact) mass is 238 g/mol. The van der Waals surface area contributed by atoms with Gasteiger partial charge in [0.25, 0.3) is 5.91 Å². The summed E-state index contributed by atoms with van der Waals surface area (Å²) in [6.45, 7) is 1.72. The molecule has 6 nitrogen and oxygen atoms in total. The van der Waals surface area contributed by atoms with E-state index >= 15 is 0 Å². The third kappa shape index (κ3) is 3.05. The molecule has 0 aliphatic heterocycles. The molecule has 0 radical (unpaired) electrons. The number of aliphatic carboxylic acids is 1. The first-order valence-corrected chi connectivity index (χ1v) is 5.52. The molecule has 1 aromatic heterocycles. The van der Waals surface area contributed by atoms with Crippen molar-refractivity contribution in [1.82, 2.24) is 10.5 Å². The number of aryl methyl sites for hydroxylation is 1. The van der Waals surface area contributed by atoms with Crippen molar-refractivity contribution >= 4 is 11.9 Å². The number of hydrogen-bond donors (Lipinski definition) is 2. The second-order valence-electron chi connectivity index (χ2n) is 4.35. The minimum atomic E-state index is -0.907. The summed E-state index contributed by atoms with van der Waals surface area (Å²) in [7, 11) is 0. The largest absolute Gasteiger partial charge is 0.481 e. The van der Waals surface area contributed by atoms with Gasteiger partial charge in [-0.3, -0.25) is 9.59 Å². The molecule has 0 saturated heterocycles. The maximum atomic E-state index is 11.7. The Kier molecular flexibility index (Phi) is 3.12. The quantitative estimate of drug-likeness (QED) is 0.797. The molecule has 1 atom stereocenters. The molecule has 1 amide bonds. The zero-order valence-electron chi connectivity index (χ0n) is 9.47. The first kappa shape index (κ1) is 11.6. The molecule has 92 valence electrons. The minimum Gasteiger partial charge on any atom is -0.481 e. The van der Waals surface area contributed by atoms with Crippen molar-refractivity contribution in [3.05, 3.63) is 17.5 Å². The summed E-state index contributed by atoms with van der Waals surface area (Å²) in [5.41, 5.74) is 0.622. The average molecular weight is 238 g/mol. The Balaban J connectivity index is 1.97. The number of aromatic nitrogens is 1. The van der Waals surface area contributed by atoms with Crippen LogP contribution >= 0.6 is 0 Å². The van der Waals surface area contributed by atoms with E-state index in [0.29, 0.717) is 5.69 Å². The van der Waals surface area contributed by atoms with Crippen molar-refractivity contribution in [1.29, 1.82) is 0 Å². The van der Waals surface area contributed by atoms with Gasteiger partial charge in [0.15, 0.2) is 0 Å². The maximum Gasteiger partial charge on any atom is 0.305 e. The van der Waals surface area contributed by atoms with Gasteiger partial charge in [-0.05, 0) is 25.7 Å². The number of carboxylic acid groups (broad SMARTS) is 1. The van der Waals surface area contributed by atoms with Gasteiger partial charge in [0.2, 0.25) is 5.76 Å². The molecule has 1 aliphatic carbocycles. The topological polar surface area (TPSA) is 92.4 Å². The molecule has 0 spiro atoms. The first-order valence-electron chi connectivity index (χ1n) is 5.52. The summed E-state index contributed by atoms with van der Waals surface area (Å²) in [5, 5.41) is 15.1. The number of hydrogen-bond acceptors (Lipinski definition) is 4. The van der Waals surface area contributed by atoms with Crippen molar-refractivity contribution in [2.45, 2.75) is 32.2 Å². The second kappa shape index (κ2) is 4.57. The Morgan fingerprint density at radius 1 is 1.65 bits per heavy atom. The molecule has 0 bridgehead atoms. The van der Waals surface area contributed by atoms with E-state index < -0.39 is 11.9 Å². The predicted molar refractivity (Wildman–Crippen MR) is 57.5 cm³/mol. The van der Waals surface area contributed by atoms with Crippen LogP contribution in [0.4, 0.5) is 0 Å². The zero-order valence-corrected chi connectivity index (χ0v) is 9.47. The van der Waals surface area contributed by atoms with Crippen molar-refractivity contribution in [2.24, 2.45) is 5.92 Å². The highest BCUT2D eigenvalue weighted by atomic mass is 16.5. The van der Waals surface area contributed by atoms with Crippen molar-refractivity contribution < 1.29 is 19.2 Å². The summed E-state index contributed by atoms with van der Waals surface area (Å²) < 4.78 is 4.82. The SMILES string of the molecule is Cc1cc(C(=O)NC(CC(=O)O)C2CC2)on1. The summed E-state index contributed by atoms with van der Waals surface area (Å²) >= 11 is 0. The molecule has 17 heavy (non-hydrogen) atoms. The van der Waals surface area contributed by atoms with Crippen LogP contribution in [-0.4, -0.2) is 28.2 Å². The molecule has 1 fully saturated rings. The van der Waals surface area contributed by atoms with Gasteiger partial charge in [0, 0.05) is 12.1 Å². The van der Waals surface area contributed by atoms with E-state index in [1.165, 1.54) is 6.07 Å². The van der Waals surface area contributed by atoms with E-state index in [2.05, 4.69) is 10.5 Å². The van der Waals surface area contributed by atoms with Gasteiger partial charge >= 0.3 is 5.97 Å². The van der Waals surface area contributed by atoms with E-state index in [1.54, 1.807) is 6.92 Å². The average Bonchev–Trinajstić information content (AvgIpc) is 2.99. The van der Waals surface area contributed by atoms with Crippen LogP contribution < -0.4 is 5.32 Å². The third-order valence-electron chi connectivity index (χ3n) is 2.75. The van der Waals surface area contributed by atoms with E-state index in [1.807, 2.05) is 0 Å². The highest BCUT2D eigenvalue weighted by Crippen LogP contribution is 2.34. The van der Waals surface area contributed by atoms with Crippen molar-refractivity contribution in [3.8, 4) is 0 Å². The van der Waals surface area contributed by atoms with Crippen LogP contribution in [-0.2, 0) is 4.79 Å². The van der Waals surface area contributed by atoms with E-state index in [-0.39, 0.29) is 24.1 Å². The zero-order chi connectivity index (χ0) is 12.4. The molecule has 2 rings (SSSR count). The molecule has 0 aromatic carbocycles. The van der Waals surface area contributed by atoms with Gasteiger partial charge in [-0.2, -0.15) is 0 Å². The number of carboxylic acids is 1. The lowest BCUT2D eigenvalue weighted by atomic mass is 10.1. The Morgan fingerprint density at radius 2 is 2.35 bits per heavy atom. The Morgan fingerprint density at radius 3 is 2.82 bits per heavy atom. The molecule has 1 heterocycles. The number of nitrogens with one attached hydrogen (secondary N) is 1. The Bertz CT molecular complexity index is 436. The van der Waals surface area contributed by atoms with Gasteiger partial charge in [-0.15, -0.1) is 0 Å². The number of carbonyl (C=O) groups excluding carboxylic acids is 1. The van der Waals surface area contributed by atoms with E-state index in [4.69, 9.17) is 9.63 Å². The Hall–Kier alpha value is -1.85. The first-order chi connectivity index (χ1) is 8.06. The van der Waals surface area contributed by atoms with Crippen LogP contribution in [0, 0.1) is 12.8 Å². The van der Waals surface area contributed by atoms with E-state index in [9.17, 15) is 9.59 Å². The lowest BCUT2D eigenvalue weighted by Gasteiger charge is -2.14. The molecule has 1 aromatic rings. The molecule has 1 aliphatic rings. The van der Waals surface area contributed by atoms with Gasteiger partial charge in [-0.25, -0.2) is 0 Å². The second-order valence-corrected chi connectivity index (χ2v) is 4.35. The fourth-order valence-electron chi connectivity index (χ4n) is 1.73. The van der Waals surface area contributed by atoms with Crippen LogP contribution in [0.1, 0.15) is 35.5 Å². The molecule has 1 saturated carbocycles. The van der Waals surface area contributed by atoms with Gasteiger partial charge < -0.3 is 14.9 Å². The molecule has 2 N–H and O–H groups in total. The Labute approximate surface area is 98.0 Å². The third-order valence-corrected chi connectivity index (χ3v) is 2.75. The van der Waals surface area contributed by atoms with Crippen LogP contribution in [0.25, 0.3) is 0 Å².